The van der Waals surface area contributed by atoms with Crippen molar-refractivity contribution in [3.05, 3.63) is 24.3 Å². The summed E-state index contributed by atoms with van der Waals surface area (Å²) in [5.74, 6) is -0.0659. The van der Waals surface area contributed by atoms with Crippen molar-refractivity contribution in [3.8, 4) is 0 Å². The summed E-state index contributed by atoms with van der Waals surface area (Å²) >= 11 is 0. The van der Waals surface area contributed by atoms with Gasteiger partial charge in [-0.05, 0) is 32.1 Å². The summed E-state index contributed by atoms with van der Waals surface area (Å²) in [7, 11) is 0. The zero-order chi connectivity index (χ0) is 19.8. The molecule has 8 nitrogen and oxygen atoms in total. The van der Waals surface area contributed by atoms with Gasteiger partial charge in [-0.2, -0.15) is 0 Å². The third-order valence-electron chi connectivity index (χ3n) is 5.65. The molecule has 1 aliphatic carbocycles. The van der Waals surface area contributed by atoms with Crippen molar-refractivity contribution in [1.82, 2.24) is 20.6 Å². The first-order valence-corrected chi connectivity index (χ1v) is 10.3. The predicted molar refractivity (Wildman–Crippen MR) is 102 cm³/mol. The normalized spacial score (nSPS) is 25.8. The van der Waals surface area contributed by atoms with Gasteiger partial charge in [0.25, 0.3) is 5.91 Å². The van der Waals surface area contributed by atoms with Gasteiger partial charge in [-0.3, -0.25) is 14.6 Å². The maximum absolute atomic E-state index is 12.5. The third kappa shape index (κ3) is 5.72. The monoisotopic (exact) mass is 390 g/mol. The summed E-state index contributed by atoms with van der Waals surface area (Å²) < 4.78 is 5.98. The lowest BCUT2D eigenvalue weighted by Gasteiger charge is -2.37. The van der Waals surface area contributed by atoms with Crippen LogP contribution in [0.1, 0.15) is 61.9 Å². The minimum Gasteiger partial charge on any atom is -0.394 e. The molecule has 3 rings (SSSR count). The van der Waals surface area contributed by atoms with Crippen molar-refractivity contribution >= 4 is 11.8 Å². The molecule has 1 aliphatic heterocycles. The van der Waals surface area contributed by atoms with Gasteiger partial charge in [-0.1, -0.05) is 19.3 Å². The first kappa shape index (κ1) is 20.7. The molecule has 1 aromatic heterocycles. The highest BCUT2D eigenvalue weighted by atomic mass is 16.5. The van der Waals surface area contributed by atoms with Gasteiger partial charge in [0.1, 0.15) is 11.8 Å². The Morgan fingerprint density at radius 1 is 1.14 bits per heavy atom. The van der Waals surface area contributed by atoms with Crippen molar-refractivity contribution in [3.63, 3.8) is 0 Å². The predicted octanol–water partition coefficient (Wildman–Crippen LogP) is 1.20. The van der Waals surface area contributed by atoms with Crippen molar-refractivity contribution in [2.24, 2.45) is 5.92 Å². The Kier molecular flexibility index (Phi) is 7.73. The van der Waals surface area contributed by atoms with E-state index in [4.69, 9.17) is 4.74 Å². The molecule has 3 N–H and O–H groups in total. The average Bonchev–Trinajstić information content (AvgIpc) is 2.75. The number of rotatable bonds is 7. The van der Waals surface area contributed by atoms with E-state index in [2.05, 4.69) is 20.6 Å². The summed E-state index contributed by atoms with van der Waals surface area (Å²) in [5.41, 5.74) is 0.283. The molecule has 0 radical (unpaired) electrons. The third-order valence-corrected chi connectivity index (χ3v) is 5.65. The van der Waals surface area contributed by atoms with Crippen LogP contribution in [0.3, 0.4) is 0 Å². The topological polar surface area (TPSA) is 113 Å². The van der Waals surface area contributed by atoms with Gasteiger partial charge >= 0.3 is 0 Å². The largest absolute Gasteiger partial charge is 0.394 e. The van der Waals surface area contributed by atoms with Crippen molar-refractivity contribution in [1.29, 1.82) is 0 Å². The number of carbonyl (C=O) groups excluding carboxylic acids is 2. The maximum atomic E-state index is 12.5. The number of nitrogens with one attached hydrogen (secondary N) is 2. The van der Waals surface area contributed by atoms with Crippen molar-refractivity contribution in [2.75, 3.05) is 13.2 Å². The first-order chi connectivity index (χ1) is 13.7. The highest BCUT2D eigenvalue weighted by Crippen LogP contribution is 2.26. The van der Waals surface area contributed by atoms with Gasteiger partial charge in [0, 0.05) is 24.9 Å². The number of aliphatic hydroxyl groups excluding tert-OH is 1. The zero-order valence-electron chi connectivity index (χ0n) is 16.2. The van der Waals surface area contributed by atoms with E-state index in [0.717, 1.165) is 38.5 Å². The summed E-state index contributed by atoms with van der Waals surface area (Å²) in [4.78, 5) is 32.3. The number of ether oxygens (including phenoxy) is 1. The molecule has 28 heavy (non-hydrogen) atoms. The fourth-order valence-corrected chi connectivity index (χ4v) is 4.03. The van der Waals surface area contributed by atoms with Crippen LogP contribution in [0.2, 0.25) is 0 Å². The van der Waals surface area contributed by atoms with Crippen LogP contribution in [0, 0.1) is 5.92 Å². The molecule has 1 saturated heterocycles. The highest BCUT2D eigenvalue weighted by molar-refractivity contribution is 5.91. The Morgan fingerprint density at radius 3 is 2.68 bits per heavy atom. The summed E-state index contributed by atoms with van der Waals surface area (Å²) in [5, 5.41) is 15.6. The van der Waals surface area contributed by atoms with Gasteiger partial charge in [0.05, 0.1) is 24.9 Å². The molecule has 0 unspecified atom stereocenters. The molecule has 1 aromatic rings. The average molecular weight is 390 g/mol. The molecule has 8 heteroatoms. The quantitative estimate of drug-likeness (QED) is 0.645. The van der Waals surface area contributed by atoms with Gasteiger partial charge in [-0.25, -0.2) is 4.98 Å². The number of amides is 2. The molecule has 2 amide bonds. The van der Waals surface area contributed by atoms with Crippen LogP contribution in [-0.2, 0) is 9.53 Å². The molecule has 0 aromatic carbocycles. The van der Waals surface area contributed by atoms with Crippen molar-refractivity contribution < 1.29 is 19.4 Å². The van der Waals surface area contributed by atoms with Crippen LogP contribution in [0.4, 0.5) is 0 Å². The molecule has 2 fully saturated rings. The van der Waals surface area contributed by atoms with Gasteiger partial charge in [-0.15, -0.1) is 0 Å². The smallest absolute Gasteiger partial charge is 0.271 e. The summed E-state index contributed by atoms with van der Waals surface area (Å²) in [6.45, 7) is 0.329. The van der Waals surface area contributed by atoms with E-state index in [9.17, 15) is 14.7 Å². The van der Waals surface area contributed by atoms with E-state index >= 15 is 0 Å². The van der Waals surface area contributed by atoms with Crippen LogP contribution in [0.15, 0.2) is 18.6 Å². The fourth-order valence-electron chi connectivity index (χ4n) is 4.03. The van der Waals surface area contributed by atoms with Crippen LogP contribution in [-0.4, -0.2) is 58.3 Å². The van der Waals surface area contributed by atoms with E-state index in [1.165, 1.54) is 25.0 Å². The lowest BCUT2D eigenvalue weighted by atomic mass is 9.88. The molecule has 0 bridgehead atoms. The SMILES string of the molecule is O=C(NCC[C@H]1CC[C@@H](NC(=O)C2CCCCC2)[C@H](CO)O1)c1cnccn1. The molecule has 1 saturated carbocycles. The van der Waals surface area contributed by atoms with E-state index in [-0.39, 0.29) is 42.2 Å². The summed E-state index contributed by atoms with van der Waals surface area (Å²) in [6.07, 6.45) is 11.5. The number of nitrogens with zero attached hydrogens (tertiary/aromatic N) is 2. The zero-order valence-corrected chi connectivity index (χ0v) is 16.2. The van der Waals surface area contributed by atoms with Gasteiger partial charge in [0.2, 0.25) is 5.91 Å². The van der Waals surface area contributed by atoms with E-state index in [1.807, 2.05) is 0 Å². The number of aromatic nitrogens is 2. The Hall–Kier alpha value is -2.06. The standard InChI is InChI=1S/C20H30N4O4/c25-13-18-16(24-19(26)14-4-2-1-3-5-14)7-6-15(28-18)8-9-23-20(27)17-12-21-10-11-22-17/h10-12,14-16,18,25H,1-9,13H2,(H,23,27)(H,24,26)/t15-,16-,18+/m1/s1. The Morgan fingerprint density at radius 2 is 1.96 bits per heavy atom. The van der Waals surface area contributed by atoms with Crippen LogP contribution in [0.5, 0.6) is 0 Å². The highest BCUT2D eigenvalue weighted by Gasteiger charge is 2.33. The minimum atomic E-state index is -0.401. The lowest BCUT2D eigenvalue weighted by Crippen LogP contribution is -2.52. The molecule has 2 aliphatic rings. The molecule has 154 valence electrons. The van der Waals surface area contributed by atoms with Crippen LogP contribution < -0.4 is 10.6 Å². The Bertz CT molecular complexity index is 636. The molecular formula is C20H30N4O4. The van der Waals surface area contributed by atoms with E-state index in [1.54, 1.807) is 0 Å². The van der Waals surface area contributed by atoms with E-state index < -0.39 is 6.10 Å². The number of aliphatic hydroxyl groups is 1. The first-order valence-electron chi connectivity index (χ1n) is 10.3. The van der Waals surface area contributed by atoms with Crippen molar-refractivity contribution in [2.45, 2.75) is 69.6 Å². The maximum Gasteiger partial charge on any atom is 0.271 e. The Balaban J connectivity index is 1.41. The summed E-state index contributed by atoms with van der Waals surface area (Å²) in [6, 6.07) is -0.148. The lowest BCUT2D eigenvalue weighted by molar-refractivity contribution is -0.132. The molecular weight excluding hydrogens is 360 g/mol. The second kappa shape index (κ2) is 10.5. The van der Waals surface area contributed by atoms with E-state index in [0.29, 0.717) is 13.0 Å². The van der Waals surface area contributed by atoms with Gasteiger partial charge in [0.15, 0.2) is 0 Å². The van der Waals surface area contributed by atoms with Gasteiger partial charge < -0.3 is 20.5 Å². The number of hydrogen-bond acceptors (Lipinski definition) is 6. The van der Waals surface area contributed by atoms with Crippen LogP contribution >= 0.6 is 0 Å². The fraction of sp³-hybridized carbons (Fsp3) is 0.700. The molecule has 2 heterocycles. The van der Waals surface area contributed by atoms with Crippen LogP contribution in [0.25, 0.3) is 0 Å². The second-order valence-electron chi connectivity index (χ2n) is 7.64. The molecule has 3 atom stereocenters. The number of hydrogen-bond donors (Lipinski definition) is 3. The minimum absolute atomic E-state index is 0.0536. The second-order valence-corrected chi connectivity index (χ2v) is 7.64. The Labute approximate surface area is 165 Å². The number of carbonyl (C=O) groups is 2. The molecule has 0 spiro atoms.